The molecule has 1 atom stereocenters. The highest BCUT2D eigenvalue weighted by Crippen LogP contribution is 2.31. The first-order valence-electron chi connectivity index (χ1n) is 6.03. The van der Waals surface area contributed by atoms with Crippen LogP contribution in [0.1, 0.15) is 11.3 Å². The largest absolute Gasteiger partial charge is 0.414 e. The van der Waals surface area contributed by atoms with Crippen LogP contribution in [0.15, 0.2) is 24.3 Å². The van der Waals surface area contributed by atoms with E-state index in [4.69, 9.17) is 16.0 Å². The van der Waals surface area contributed by atoms with E-state index in [0.29, 0.717) is 0 Å². The van der Waals surface area contributed by atoms with Crippen molar-refractivity contribution in [1.82, 2.24) is 0 Å². The predicted molar refractivity (Wildman–Crippen MR) is 82.0 cm³/mol. The molecule has 0 aliphatic heterocycles. The van der Waals surface area contributed by atoms with E-state index in [-0.39, 0.29) is 5.73 Å². The van der Waals surface area contributed by atoms with Gasteiger partial charge < -0.3 is 4.43 Å². The van der Waals surface area contributed by atoms with Gasteiger partial charge in [0.1, 0.15) is 0 Å². The zero-order valence-corrected chi connectivity index (χ0v) is 14.4. The van der Waals surface area contributed by atoms with Gasteiger partial charge in [-0.3, -0.25) is 0 Å². The Labute approximate surface area is 112 Å². The molecule has 0 heterocycles. The fourth-order valence-electron chi connectivity index (χ4n) is 1.74. The van der Waals surface area contributed by atoms with Gasteiger partial charge in [-0.25, -0.2) is 0 Å². The zero-order chi connectivity index (χ0) is 13.3. The summed E-state index contributed by atoms with van der Waals surface area (Å²) in [6, 6.07) is 8.12. The first-order valence-corrected chi connectivity index (χ1v) is 13.4. The fraction of sp³-hybridized carbons (Fsp3) is 0.538. The number of halogens is 1. The maximum Gasteiger partial charge on any atom is 0.184 e. The Bertz CT molecular complexity index is 362. The van der Waals surface area contributed by atoms with E-state index in [9.17, 15) is 0 Å². The molecule has 0 N–H and O–H groups in total. The summed E-state index contributed by atoms with van der Waals surface area (Å²) in [4.78, 5) is 0. The summed E-state index contributed by atoms with van der Waals surface area (Å²) < 4.78 is 6.39. The van der Waals surface area contributed by atoms with Gasteiger partial charge in [0.05, 0.1) is 13.8 Å². The molecule has 1 nitrogen and oxygen atoms in total. The molecule has 0 amide bonds. The summed E-state index contributed by atoms with van der Waals surface area (Å²) in [6.07, 6.45) is 0. The Balaban J connectivity index is 3.03. The molecule has 0 spiro atoms. The van der Waals surface area contributed by atoms with E-state index in [0.717, 1.165) is 5.02 Å². The zero-order valence-electron chi connectivity index (χ0n) is 11.7. The van der Waals surface area contributed by atoms with Crippen molar-refractivity contribution in [3.8, 4) is 0 Å². The Hall–Kier alpha value is -0.0962. The maximum atomic E-state index is 6.39. The van der Waals surface area contributed by atoms with E-state index in [1.54, 1.807) is 0 Å². The average Bonchev–Trinajstić information content (AvgIpc) is 2.13. The predicted octanol–water partition coefficient (Wildman–Crippen LogP) is 5.11. The summed E-state index contributed by atoms with van der Waals surface area (Å²) in [7, 11) is -2.91. The third-order valence-electron chi connectivity index (χ3n) is 2.43. The second-order valence-corrected chi connectivity index (χ2v) is 16.7. The second-order valence-electron chi connectivity index (χ2n) is 6.53. The molecule has 0 fully saturated rings. The van der Waals surface area contributed by atoms with E-state index in [1.807, 2.05) is 12.1 Å². The molecular weight excluding hydrogens is 264 g/mol. The van der Waals surface area contributed by atoms with Crippen LogP contribution in [0.2, 0.25) is 44.3 Å². The van der Waals surface area contributed by atoms with Crippen LogP contribution in [0.4, 0.5) is 0 Å². The van der Waals surface area contributed by atoms with Crippen molar-refractivity contribution in [3.63, 3.8) is 0 Å². The van der Waals surface area contributed by atoms with Gasteiger partial charge in [-0.2, -0.15) is 0 Å². The van der Waals surface area contributed by atoms with Crippen LogP contribution in [0.3, 0.4) is 0 Å². The smallest absolute Gasteiger partial charge is 0.184 e. The summed E-state index contributed by atoms with van der Waals surface area (Å²) in [6.45, 7) is 13.8. The summed E-state index contributed by atoms with van der Waals surface area (Å²) in [5.74, 6) is 0. The van der Waals surface area contributed by atoms with Crippen molar-refractivity contribution in [2.45, 2.75) is 45.0 Å². The van der Waals surface area contributed by atoms with Crippen molar-refractivity contribution in [1.29, 1.82) is 0 Å². The Morgan fingerprint density at radius 2 is 1.41 bits per heavy atom. The van der Waals surface area contributed by atoms with Crippen molar-refractivity contribution >= 4 is 28.0 Å². The molecule has 1 unspecified atom stereocenters. The maximum absolute atomic E-state index is 6.39. The lowest BCUT2D eigenvalue weighted by molar-refractivity contribution is 0.268. The van der Waals surface area contributed by atoms with Crippen molar-refractivity contribution in [2.24, 2.45) is 0 Å². The molecule has 1 rings (SSSR count). The van der Waals surface area contributed by atoms with Crippen LogP contribution in [0.25, 0.3) is 0 Å². The van der Waals surface area contributed by atoms with Crippen molar-refractivity contribution < 1.29 is 4.43 Å². The molecule has 0 aliphatic carbocycles. The summed E-state index contributed by atoms with van der Waals surface area (Å²) in [5.41, 5.74) is 1.54. The molecular formula is C13H23ClOSi2. The van der Waals surface area contributed by atoms with Crippen LogP contribution in [-0.2, 0) is 4.43 Å². The van der Waals surface area contributed by atoms with E-state index < -0.39 is 16.4 Å². The van der Waals surface area contributed by atoms with E-state index in [2.05, 4.69) is 51.4 Å². The lowest BCUT2D eigenvalue weighted by atomic mass is 10.2. The van der Waals surface area contributed by atoms with Crippen LogP contribution >= 0.6 is 11.6 Å². The van der Waals surface area contributed by atoms with Gasteiger partial charge in [-0.05, 0) is 37.3 Å². The highest BCUT2D eigenvalue weighted by atomic mass is 35.5. The lowest BCUT2D eigenvalue weighted by Gasteiger charge is -2.35. The van der Waals surface area contributed by atoms with E-state index >= 15 is 0 Å². The van der Waals surface area contributed by atoms with Crippen LogP contribution < -0.4 is 0 Å². The van der Waals surface area contributed by atoms with Gasteiger partial charge in [0.15, 0.2) is 8.32 Å². The summed E-state index contributed by atoms with van der Waals surface area (Å²) in [5, 5.41) is 0.788. The van der Waals surface area contributed by atoms with Gasteiger partial charge in [0.2, 0.25) is 0 Å². The monoisotopic (exact) mass is 286 g/mol. The number of benzene rings is 1. The molecule has 17 heavy (non-hydrogen) atoms. The number of hydrogen-bond donors (Lipinski definition) is 0. The molecule has 1 aromatic carbocycles. The molecule has 0 saturated carbocycles. The van der Waals surface area contributed by atoms with Crippen molar-refractivity contribution in [3.05, 3.63) is 34.9 Å². The van der Waals surface area contributed by atoms with Gasteiger partial charge in [-0.15, -0.1) is 0 Å². The Morgan fingerprint density at radius 3 is 1.76 bits per heavy atom. The van der Waals surface area contributed by atoms with Crippen LogP contribution in [0, 0.1) is 0 Å². The lowest BCUT2D eigenvalue weighted by Crippen LogP contribution is -2.40. The minimum Gasteiger partial charge on any atom is -0.414 e. The Kier molecular flexibility index (Phi) is 4.63. The second kappa shape index (κ2) is 5.26. The third-order valence-corrected chi connectivity index (χ3v) is 5.89. The standard InChI is InChI=1S/C13H23ClOSi2/c1-16(2,3)13(15-17(4,5)6)11-7-9-12(14)10-8-11/h7-10,13H,1-6H3. The molecule has 0 radical (unpaired) electrons. The average molecular weight is 287 g/mol. The normalized spacial score (nSPS) is 14.8. The molecule has 0 aliphatic rings. The van der Waals surface area contributed by atoms with Gasteiger partial charge in [0, 0.05) is 5.02 Å². The Morgan fingerprint density at radius 1 is 0.941 bits per heavy atom. The van der Waals surface area contributed by atoms with Gasteiger partial charge in [-0.1, -0.05) is 43.4 Å². The topological polar surface area (TPSA) is 9.23 Å². The highest BCUT2D eigenvalue weighted by Gasteiger charge is 2.33. The van der Waals surface area contributed by atoms with Crippen LogP contribution in [-0.4, -0.2) is 16.4 Å². The number of hydrogen-bond acceptors (Lipinski definition) is 1. The third kappa shape index (κ3) is 4.96. The summed E-state index contributed by atoms with van der Waals surface area (Å²) >= 11 is 5.94. The molecule has 1 aromatic rings. The first-order chi connectivity index (χ1) is 7.59. The van der Waals surface area contributed by atoms with Crippen LogP contribution in [0.5, 0.6) is 0 Å². The van der Waals surface area contributed by atoms with Gasteiger partial charge >= 0.3 is 0 Å². The number of rotatable bonds is 4. The van der Waals surface area contributed by atoms with Crippen molar-refractivity contribution in [2.75, 3.05) is 0 Å². The molecule has 4 heteroatoms. The molecule has 0 saturated heterocycles. The highest BCUT2D eigenvalue weighted by molar-refractivity contribution is 6.78. The quantitative estimate of drug-likeness (QED) is 0.699. The van der Waals surface area contributed by atoms with E-state index in [1.165, 1.54) is 5.56 Å². The molecule has 0 bridgehead atoms. The molecule has 96 valence electrons. The molecule has 0 aromatic heterocycles. The first kappa shape index (κ1) is 15.0. The SMILES string of the molecule is C[Si](C)(C)OC(c1ccc(Cl)cc1)[Si](C)(C)C. The minimum absolute atomic E-state index is 0.270. The van der Waals surface area contributed by atoms with Gasteiger partial charge in [0.25, 0.3) is 0 Å². The fourth-order valence-corrected chi connectivity index (χ4v) is 6.37. The minimum atomic E-state index is -1.52.